The molecule has 110 valence electrons. The molecule has 1 aromatic rings. The van der Waals surface area contributed by atoms with Crippen molar-refractivity contribution in [2.75, 3.05) is 0 Å². The van der Waals surface area contributed by atoms with Crippen LogP contribution in [0.3, 0.4) is 0 Å². The van der Waals surface area contributed by atoms with Crippen molar-refractivity contribution in [1.29, 1.82) is 0 Å². The third kappa shape index (κ3) is 6.06. The van der Waals surface area contributed by atoms with Gasteiger partial charge in [-0.15, -0.1) is 0 Å². The molecular formula is C15H20ClNO3. The van der Waals surface area contributed by atoms with Crippen molar-refractivity contribution in [3.63, 3.8) is 0 Å². The lowest BCUT2D eigenvalue weighted by molar-refractivity contribution is -0.137. The lowest BCUT2D eigenvalue weighted by atomic mass is 10.1. The van der Waals surface area contributed by atoms with E-state index in [1.54, 1.807) is 6.07 Å². The molecule has 0 aromatic heterocycles. The molecule has 0 radical (unpaired) electrons. The van der Waals surface area contributed by atoms with Crippen LogP contribution in [0.2, 0.25) is 5.02 Å². The Morgan fingerprint density at radius 1 is 1.35 bits per heavy atom. The smallest absolute Gasteiger partial charge is 0.305 e. The van der Waals surface area contributed by atoms with Gasteiger partial charge >= 0.3 is 5.97 Å². The predicted molar refractivity (Wildman–Crippen MR) is 78.9 cm³/mol. The van der Waals surface area contributed by atoms with E-state index in [1.807, 2.05) is 25.1 Å². The second kappa shape index (κ2) is 8.59. The zero-order chi connectivity index (χ0) is 15.0. The van der Waals surface area contributed by atoms with Crippen LogP contribution < -0.4 is 5.32 Å². The summed E-state index contributed by atoms with van der Waals surface area (Å²) in [5, 5.41) is 12.2. The van der Waals surface area contributed by atoms with Gasteiger partial charge in [0.15, 0.2) is 0 Å². The number of carbonyl (C=O) groups is 2. The van der Waals surface area contributed by atoms with Gasteiger partial charge in [-0.25, -0.2) is 0 Å². The number of hydrogen-bond donors (Lipinski definition) is 2. The summed E-state index contributed by atoms with van der Waals surface area (Å²) < 4.78 is 0. The Labute approximate surface area is 124 Å². The summed E-state index contributed by atoms with van der Waals surface area (Å²) in [6, 6.07) is 7.10. The molecule has 1 amide bonds. The minimum absolute atomic E-state index is 0.0360. The van der Waals surface area contributed by atoms with Gasteiger partial charge in [-0.05, 0) is 24.5 Å². The summed E-state index contributed by atoms with van der Waals surface area (Å²) in [6.07, 6.45) is 2.33. The first-order valence-electron chi connectivity index (χ1n) is 6.77. The molecule has 2 N–H and O–H groups in total. The minimum Gasteiger partial charge on any atom is -0.481 e. The highest BCUT2D eigenvalue weighted by atomic mass is 35.5. The highest BCUT2D eigenvalue weighted by molar-refractivity contribution is 6.31. The Hall–Kier alpha value is -1.55. The molecule has 0 aliphatic rings. The van der Waals surface area contributed by atoms with Gasteiger partial charge < -0.3 is 10.4 Å². The van der Waals surface area contributed by atoms with Crippen LogP contribution in [0.15, 0.2) is 24.3 Å². The number of hydrogen-bond acceptors (Lipinski definition) is 2. The van der Waals surface area contributed by atoms with Gasteiger partial charge in [0.2, 0.25) is 5.91 Å². The van der Waals surface area contributed by atoms with Crippen molar-refractivity contribution >= 4 is 23.5 Å². The summed E-state index contributed by atoms with van der Waals surface area (Å²) in [7, 11) is 0. The van der Waals surface area contributed by atoms with Crippen LogP contribution >= 0.6 is 11.6 Å². The van der Waals surface area contributed by atoms with E-state index in [1.165, 1.54) is 0 Å². The molecule has 1 rings (SSSR count). The monoisotopic (exact) mass is 297 g/mol. The first kappa shape index (κ1) is 16.5. The number of carboxylic acids is 1. The summed E-state index contributed by atoms with van der Waals surface area (Å²) >= 11 is 6.02. The zero-order valence-corrected chi connectivity index (χ0v) is 12.3. The molecule has 0 aliphatic carbocycles. The van der Waals surface area contributed by atoms with E-state index in [-0.39, 0.29) is 18.4 Å². The number of carbonyl (C=O) groups excluding carboxylic acids is 1. The van der Waals surface area contributed by atoms with Crippen LogP contribution in [-0.4, -0.2) is 23.0 Å². The molecule has 0 fully saturated rings. The van der Waals surface area contributed by atoms with Gasteiger partial charge in [-0.3, -0.25) is 9.59 Å². The van der Waals surface area contributed by atoms with E-state index >= 15 is 0 Å². The summed E-state index contributed by atoms with van der Waals surface area (Å²) in [5.74, 6) is -1.03. The van der Waals surface area contributed by atoms with E-state index in [4.69, 9.17) is 16.7 Å². The van der Waals surface area contributed by atoms with Crippen LogP contribution in [-0.2, 0) is 16.0 Å². The molecule has 20 heavy (non-hydrogen) atoms. The number of halogens is 1. The average molecular weight is 298 g/mol. The lowest BCUT2D eigenvalue weighted by Crippen LogP contribution is -2.36. The summed E-state index contributed by atoms with van der Waals surface area (Å²) in [4.78, 5) is 22.6. The third-order valence-corrected chi connectivity index (χ3v) is 3.37. The number of benzene rings is 1. The molecule has 0 saturated carbocycles. The molecule has 0 aliphatic heterocycles. The quantitative estimate of drug-likeness (QED) is 0.775. The normalized spacial score (nSPS) is 11.9. The fraction of sp³-hybridized carbons (Fsp3) is 0.467. The van der Waals surface area contributed by atoms with Crippen LogP contribution in [0.5, 0.6) is 0 Å². The number of aryl methyl sites for hydroxylation is 1. The Kier molecular flexibility index (Phi) is 7.09. The van der Waals surface area contributed by atoms with Gasteiger partial charge in [-0.2, -0.15) is 0 Å². The second-order valence-corrected chi connectivity index (χ2v) is 5.15. The average Bonchev–Trinajstić information content (AvgIpc) is 2.37. The second-order valence-electron chi connectivity index (χ2n) is 4.74. The number of nitrogens with one attached hydrogen (secondary N) is 1. The number of aliphatic carboxylic acids is 1. The van der Waals surface area contributed by atoms with Crippen molar-refractivity contribution in [2.24, 2.45) is 0 Å². The molecule has 1 atom stereocenters. The van der Waals surface area contributed by atoms with Crippen LogP contribution in [0.4, 0.5) is 0 Å². The van der Waals surface area contributed by atoms with E-state index in [2.05, 4.69) is 5.32 Å². The van der Waals surface area contributed by atoms with E-state index in [9.17, 15) is 9.59 Å². The van der Waals surface area contributed by atoms with Crippen LogP contribution in [0.1, 0.15) is 38.2 Å². The fourth-order valence-electron chi connectivity index (χ4n) is 2.03. The van der Waals surface area contributed by atoms with Crippen molar-refractivity contribution in [1.82, 2.24) is 5.32 Å². The molecule has 0 saturated heterocycles. The molecule has 1 unspecified atom stereocenters. The summed E-state index contributed by atoms with van der Waals surface area (Å²) in [6.45, 7) is 1.96. The first-order valence-corrected chi connectivity index (χ1v) is 7.15. The highest BCUT2D eigenvalue weighted by Gasteiger charge is 2.15. The Morgan fingerprint density at radius 3 is 2.65 bits per heavy atom. The van der Waals surface area contributed by atoms with Gasteiger partial charge in [0.05, 0.1) is 6.42 Å². The Morgan fingerprint density at radius 2 is 2.05 bits per heavy atom. The topological polar surface area (TPSA) is 66.4 Å². The molecule has 5 heteroatoms. The molecule has 4 nitrogen and oxygen atoms in total. The SMILES string of the molecule is CCCC(CC(=O)O)NC(=O)CCc1ccccc1Cl. The van der Waals surface area contributed by atoms with E-state index in [0.717, 1.165) is 12.0 Å². The molecule has 0 bridgehead atoms. The van der Waals surface area contributed by atoms with Crippen molar-refractivity contribution < 1.29 is 14.7 Å². The maximum Gasteiger partial charge on any atom is 0.305 e. The zero-order valence-electron chi connectivity index (χ0n) is 11.6. The maximum atomic E-state index is 11.8. The molecule has 0 spiro atoms. The first-order chi connectivity index (χ1) is 9.52. The minimum atomic E-state index is -0.894. The van der Waals surface area contributed by atoms with Crippen molar-refractivity contribution in [3.8, 4) is 0 Å². The lowest BCUT2D eigenvalue weighted by Gasteiger charge is -2.16. The Balaban J connectivity index is 2.45. The number of amides is 1. The van der Waals surface area contributed by atoms with Crippen molar-refractivity contribution in [2.45, 2.75) is 45.1 Å². The third-order valence-electron chi connectivity index (χ3n) is 3.00. The largest absolute Gasteiger partial charge is 0.481 e. The van der Waals surface area contributed by atoms with Crippen molar-refractivity contribution in [3.05, 3.63) is 34.9 Å². The van der Waals surface area contributed by atoms with E-state index < -0.39 is 5.97 Å². The predicted octanol–water partition coefficient (Wildman–Crippen LogP) is 3.03. The Bertz CT molecular complexity index is 462. The van der Waals surface area contributed by atoms with Gasteiger partial charge in [0, 0.05) is 17.5 Å². The van der Waals surface area contributed by atoms with Gasteiger partial charge in [-0.1, -0.05) is 43.1 Å². The molecule has 0 heterocycles. The highest BCUT2D eigenvalue weighted by Crippen LogP contribution is 2.16. The van der Waals surface area contributed by atoms with E-state index in [0.29, 0.717) is 24.3 Å². The van der Waals surface area contributed by atoms with Gasteiger partial charge in [0.25, 0.3) is 0 Å². The van der Waals surface area contributed by atoms with Crippen LogP contribution in [0, 0.1) is 0 Å². The summed E-state index contributed by atoms with van der Waals surface area (Å²) in [5.41, 5.74) is 0.926. The maximum absolute atomic E-state index is 11.8. The van der Waals surface area contributed by atoms with Crippen LogP contribution in [0.25, 0.3) is 0 Å². The molecular weight excluding hydrogens is 278 g/mol. The number of carboxylic acid groups (broad SMARTS) is 1. The molecule has 1 aromatic carbocycles. The fourth-order valence-corrected chi connectivity index (χ4v) is 2.26. The van der Waals surface area contributed by atoms with Gasteiger partial charge in [0.1, 0.15) is 0 Å². The standard InChI is InChI=1S/C15H20ClNO3/c1-2-5-12(10-15(19)20)17-14(18)9-8-11-6-3-4-7-13(11)16/h3-4,6-7,12H,2,5,8-10H2,1H3,(H,17,18)(H,19,20). The number of rotatable bonds is 8.